The largest absolute Gasteiger partial charge is 0.478 e. The van der Waals surface area contributed by atoms with Crippen LogP contribution in [0.2, 0.25) is 0 Å². The molecule has 0 aromatic carbocycles. The molecule has 98 valence electrons. The van der Waals surface area contributed by atoms with Crippen molar-refractivity contribution in [2.75, 3.05) is 5.32 Å². The van der Waals surface area contributed by atoms with Gasteiger partial charge in [-0.25, -0.2) is 9.59 Å². The van der Waals surface area contributed by atoms with Gasteiger partial charge in [0, 0.05) is 12.4 Å². The summed E-state index contributed by atoms with van der Waals surface area (Å²) in [5, 5.41) is 20.2. The number of nitrogens with zero attached hydrogens (tertiary/aromatic N) is 2. The fourth-order valence-corrected chi connectivity index (χ4v) is 1.37. The number of amides is 2. The molecule has 2 aromatic rings. The van der Waals surface area contributed by atoms with Crippen LogP contribution in [0.1, 0.15) is 16.1 Å². The van der Waals surface area contributed by atoms with Crippen LogP contribution in [-0.4, -0.2) is 32.3 Å². The highest BCUT2D eigenvalue weighted by molar-refractivity contribution is 5.89. The van der Waals surface area contributed by atoms with Crippen molar-refractivity contribution in [3.8, 4) is 0 Å². The van der Waals surface area contributed by atoms with E-state index in [4.69, 9.17) is 5.11 Å². The third-order valence-corrected chi connectivity index (χ3v) is 2.25. The Labute approximate surface area is 107 Å². The third kappa shape index (κ3) is 3.53. The number of hydrogen-bond donors (Lipinski definition) is 4. The van der Waals surface area contributed by atoms with E-state index >= 15 is 0 Å². The Bertz CT molecular complexity index is 582. The summed E-state index contributed by atoms with van der Waals surface area (Å²) in [7, 11) is 0. The zero-order valence-electron chi connectivity index (χ0n) is 9.75. The minimum absolute atomic E-state index is 0.127. The maximum atomic E-state index is 11.5. The fourth-order valence-electron chi connectivity index (χ4n) is 1.37. The Morgan fingerprint density at radius 3 is 2.95 bits per heavy atom. The van der Waals surface area contributed by atoms with Crippen LogP contribution in [-0.2, 0) is 6.54 Å². The molecule has 0 aliphatic carbocycles. The van der Waals surface area contributed by atoms with Crippen molar-refractivity contribution in [2.45, 2.75) is 6.54 Å². The zero-order valence-corrected chi connectivity index (χ0v) is 9.75. The van der Waals surface area contributed by atoms with Gasteiger partial charge in [0.15, 0.2) is 0 Å². The second-order valence-corrected chi connectivity index (χ2v) is 3.64. The first-order valence-electron chi connectivity index (χ1n) is 5.37. The maximum absolute atomic E-state index is 11.5. The lowest BCUT2D eigenvalue weighted by Gasteiger charge is -2.05. The smallest absolute Gasteiger partial charge is 0.335 e. The molecule has 2 aromatic heterocycles. The van der Waals surface area contributed by atoms with Gasteiger partial charge in [-0.2, -0.15) is 5.10 Å². The first-order valence-corrected chi connectivity index (χ1v) is 5.37. The summed E-state index contributed by atoms with van der Waals surface area (Å²) >= 11 is 0. The van der Waals surface area contributed by atoms with Crippen LogP contribution in [0.4, 0.5) is 10.5 Å². The standard InChI is InChI=1S/C11H11N5O3/c17-10(18)7-1-2-12-8(3-7)4-13-11(19)16-9-5-14-15-6-9/h1-3,5-6H,4H2,(H,14,15)(H,17,18)(H2,13,16,19). The number of aromatic nitrogens is 3. The number of H-pyrrole nitrogens is 1. The molecule has 2 heterocycles. The van der Waals surface area contributed by atoms with Gasteiger partial charge >= 0.3 is 12.0 Å². The summed E-state index contributed by atoms with van der Waals surface area (Å²) in [6, 6.07) is 2.36. The minimum Gasteiger partial charge on any atom is -0.478 e. The Morgan fingerprint density at radius 1 is 1.42 bits per heavy atom. The summed E-state index contributed by atoms with van der Waals surface area (Å²) < 4.78 is 0. The van der Waals surface area contributed by atoms with Crippen LogP contribution in [0.5, 0.6) is 0 Å². The van der Waals surface area contributed by atoms with Crippen LogP contribution in [0.3, 0.4) is 0 Å². The molecule has 2 amide bonds. The molecule has 0 fully saturated rings. The van der Waals surface area contributed by atoms with Crippen molar-refractivity contribution in [1.29, 1.82) is 0 Å². The lowest BCUT2D eigenvalue weighted by atomic mass is 10.2. The number of urea groups is 1. The van der Waals surface area contributed by atoms with Crippen molar-refractivity contribution in [1.82, 2.24) is 20.5 Å². The molecule has 0 spiro atoms. The molecule has 4 N–H and O–H groups in total. The average Bonchev–Trinajstić information content (AvgIpc) is 2.89. The number of pyridine rings is 1. The molecular weight excluding hydrogens is 250 g/mol. The quantitative estimate of drug-likeness (QED) is 0.649. The maximum Gasteiger partial charge on any atom is 0.335 e. The van der Waals surface area contributed by atoms with Crippen LogP contribution in [0, 0.1) is 0 Å². The summed E-state index contributed by atoms with van der Waals surface area (Å²) in [5.41, 5.74) is 1.12. The summed E-state index contributed by atoms with van der Waals surface area (Å²) in [4.78, 5) is 26.2. The number of carboxylic acids is 1. The summed E-state index contributed by atoms with van der Waals surface area (Å²) in [6.45, 7) is 0.130. The normalized spacial score (nSPS) is 9.89. The molecule has 8 heteroatoms. The predicted molar refractivity (Wildman–Crippen MR) is 65.6 cm³/mol. The number of rotatable bonds is 4. The number of aromatic amines is 1. The molecular formula is C11H11N5O3. The molecule has 2 rings (SSSR count). The van der Waals surface area contributed by atoms with E-state index in [2.05, 4.69) is 25.8 Å². The van der Waals surface area contributed by atoms with Gasteiger partial charge in [0.1, 0.15) is 0 Å². The van der Waals surface area contributed by atoms with Crippen molar-refractivity contribution in [2.24, 2.45) is 0 Å². The molecule has 0 radical (unpaired) electrons. The molecule has 0 bridgehead atoms. The fraction of sp³-hybridized carbons (Fsp3) is 0.0909. The van der Waals surface area contributed by atoms with E-state index in [9.17, 15) is 9.59 Å². The topological polar surface area (TPSA) is 120 Å². The van der Waals surface area contributed by atoms with E-state index in [-0.39, 0.29) is 12.1 Å². The van der Waals surface area contributed by atoms with Crippen LogP contribution in [0.25, 0.3) is 0 Å². The van der Waals surface area contributed by atoms with E-state index in [1.54, 1.807) is 0 Å². The minimum atomic E-state index is -1.04. The van der Waals surface area contributed by atoms with Gasteiger partial charge in [0.25, 0.3) is 0 Å². The number of hydrogen-bond acceptors (Lipinski definition) is 4. The highest BCUT2D eigenvalue weighted by atomic mass is 16.4. The Kier molecular flexibility index (Phi) is 3.72. The molecule has 0 aliphatic rings. The van der Waals surface area contributed by atoms with Gasteiger partial charge in [0.05, 0.1) is 29.7 Å². The van der Waals surface area contributed by atoms with Crippen molar-refractivity contribution in [3.05, 3.63) is 42.0 Å². The number of nitrogens with one attached hydrogen (secondary N) is 3. The van der Waals surface area contributed by atoms with Gasteiger partial charge in [-0.05, 0) is 12.1 Å². The van der Waals surface area contributed by atoms with Crippen LogP contribution < -0.4 is 10.6 Å². The van der Waals surface area contributed by atoms with E-state index in [1.165, 1.54) is 30.7 Å². The lowest BCUT2D eigenvalue weighted by molar-refractivity contribution is 0.0696. The second kappa shape index (κ2) is 5.63. The molecule has 0 atom stereocenters. The van der Waals surface area contributed by atoms with Gasteiger partial charge in [-0.3, -0.25) is 10.1 Å². The zero-order chi connectivity index (χ0) is 13.7. The highest BCUT2D eigenvalue weighted by Gasteiger charge is 2.06. The Morgan fingerprint density at radius 2 is 2.26 bits per heavy atom. The van der Waals surface area contributed by atoms with E-state index in [0.717, 1.165) is 0 Å². The second-order valence-electron chi connectivity index (χ2n) is 3.64. The highest BCUT2D eigenvalue weighted by Crippen LogP contribution is 2.03. The van der Waals surface area contributed by atoms with Gasteiger partial charge in [-0.15, -0.1) is 0 Å². The molecule has 19 heavy (non-hydrogen) atoms. The number of aromatic carboxylic acids is 1. The van der Waals surface area contributed by atoms with Crippen molar-refractivity contribution >= 4 is 17.7 Å². The summed E-state index contributed by atoms with van der Waals surface area (Å²) in [6.07, 6.45) is 4.38. The molecule has 0 saturated carbocycles. The monoisotopic (exact) mass is 261 g/mol. The predicted octanol–water partition coefficient (Wildman–Crippen LogP) is 0.825. The third-order valence-electron chi connectivity index (χ3n) is 2.25. The average molecular weight is 261 g/mol. The van der Waals surface area contributed by atoms with E-state index in [1.807, 2.05) is 0 Å². The number of carboxylic acid groups (broad SMARTS) is 1. The van der Waals surface area contributed by atoms with Crippen molar-refractivity contribution < 1.29 is 14.7 Å². The lowest BCUT2D eigenvalue weighted by Crippen LogP contribution is -2.28. The molecule has 8 nitrogen and oxygen atoms in total. The molecule has 0 saturated heterocycles. The van der Waals surface area contributed by atoms with E-state index in [0.29, 0.717) is 11.4 Å². The van der Waals surface area contributed by atoms with Crippen LogP contribution in [0.15, 0.2) is 30.7 Å². The van der Waals surface area contributed by atoms with Gasteiger partial charge < -0.3 is 15.7 Å². The first kappa shape index (κ1) is 12.6. The van der Waals surface area contributed by atoms with Gasteiger partial charge in [0.2, 0.25) is 0 Å². The molecule has 0 aliphatic heterocycles. The van der Waals surface area contributed by atoms with Gasteiger partial charge in [-0.1, -0.05) is 0 Å². The Hall–Kier alpha value is -2.90. The van der Waals surface area contributed by atoms with Crippen molar-refractivity contribution in [3.63, 3.8) is 0 Å². The number of anilines is 1. The number of carbonyl (C=O) groups excluding carboxylic acids is 1. The first-order chi connectivity index (χ1) is 9.15. The van der Waals surface area contributed by atoms with Crippen LogP contribution >= 0.6 is 0 Å². The molecule has 0 unspecified atom stereocenters. The Balaban J connectivity index is 1.89. The summed E-state index contributed by atoms with van der Waals surface area (Å²) in [5.74, 6) is -1.04. The number of carbonyl (C=O) groups is 2. The SMILES string of the molecule is O=C(NCc1cc(C(=O)O)ccn1)Nc1cn[nH]c1. The van der Waals surface area contributed by atoms with E-state index < -0.39 is 12.0 Å².